The molecule has 37 heavy (non-hydrogen) atoms. The number of hydrogen-bond acceptors (Lipinski definition) is 5. The molecule has 2 aromatic carbocycles. The zero-order valence-electron chi connectivity index (χ0n) is 19.7. The molecule has 2 atom stereocenters. The number of hydrazine groups is 2. The summed E-state index contributed by atoms with van der Waals surface area (Å²) in [5, 5.41) is 3.79. The van der Waals surface area contributed by atoms with Gasteiger partial charge in [0.15, 0.2) is 0 Å². The number of urea groups is 1. The molecule has 0 N–H and O–H groups in total. The average Bonchev–Trinajstić information content (AvgIpc) is 3.07. The summed E-state index contributed by atoms with van der Waals surface area (Å²) in [5.41, 5.74) is -3.02. The number of amides is 2. The highest BCUT2D eigenvalue weighted by Crippen LogP contribution is 2.41. The SMILES string of the molecule is CCON1C(=O)N(c2cc(C(F)(F)F)cc(C(F)(F)F)c2)C(C)N1N1CCO[C@H](c2ccc(F)cc2)C1. The molecule has 7 nitrogen and oxygen atoms in total. The van der Waals surface area contributed by atoms with Gasteiger partial charge in [-0.1, -0.05) is 12.1 Å². The molecule has 2 fully saturated rings. The van der Waals surface area contributed by atoms with Crippen LogP contribution >= 0.6 is 0 Å². The summed E-state index contributed by atoms with van der Waals surface area (Å²) >= 11 is 0. The Balaban J connectivity index is 1.70. The number of rotatable bonds is 5. The number of carbonyl (C=O) groups excluding carboxylic acids is 1. The Bertz CT molecular complexity index is 1090. The number of halogens is 7. The van der Waals surface area contributed by atoms with Crippen molar-refractivity contribution in [2.75, 3.05) is 31.2 Å². The number of nitrogens with zero attached hydrogens (tertiary/aromatic N) is 4. The maximum absolute atomic E-state index is 13.4. The fourth-order valence-corrected chi connectivity index (χ4v) is 4.29. The molecule has 2 saturated heterocycles. The van der Waals surface area contributed by atoms with Gasteiger partial charge in [-0.05, 0) is 49.7 Å². The molecule has 2 heterocycles. The Morgan fingerprint density at radius 1 is 1.00 bits per heavy atom. The van der Waals surface area contributed by atoms with Crippen molar-refractivity contribution in [3.05, 3.63) is 65.0 Å². The van der Waals surface area contributed by atoms with E-state index in [4.69, 9.17) is 9.57 Å². The van der Waals surface area contributed by atoms with Crippen LogP contribution in [0, 0.1) is 5.82 Å². The van der Waals surface area contributed by atoms with E-state index in [0.717, 1.165) is 10.1 Å². The van der Waals surface area contributed by atoms with Crippen molar-refractivity contribution in [3.63, 3.8) is 0 Å². The number of anilines is 1. The first-order valence-electron chi connectivity index (χ1n) is 11.3. The van der Waals surface area contributed by atoms with Gasteiger partial charge in [0.25, 0.3) is 0 Å². The first-order valence-corrected chi connectivity index (χ1v) is 11.3. The van der Waals surface area contributed by atoms with Crippen molar-refractivity contribution in [2.45, 2.75) is 38.5 Å². The Kier molecular flexibility index (Phi) is 7.38. The molecule has 0 bridgehead atoms. The number of morpholine rings is 1. The third-order valence-corrected chi connectivity index (χ3v) is 5.94. The van der Waals surface area contributed by atoms with Crippen LogP contribution in [-0.4, -0.2) is 53.8 Å². The third kappa shape index (κ3) is 5.51. The van der Waals surface area contributed by atoms with Gasteiger partial charge >= 0.3 is 18.4 Å². The highest BCUT2D eigenvalue weighted by Gasteiger charge is 2.49. The largest absolute Gasteiger partial charge is 0.416 e. The normalized spacial score (nSPS) is 22.2. The Morgan fingerprint density at radius 3 is 2.14 bits per heavy atom. The van der Waals surface area contributed by atoms with Crippen molar-refractivity contribution in [2.24, 2.45) is 0 Å². The molecular weight excluding hydrogens is 513 g/mol. The third-order valence-electron chi connectivity index (χ3n) is 5.94. The number of hydroxylamine groups is 1. The molecule has 0 radical (unpaired) electrons. The van der Waals surface area contributed by atoms with Crippen LogP contribution < -0.4 is 4.90 Å². The number of ether oxygens (including phenoxy) is 1. The van der Waals surface area contributed by atoms with E-state index < -0.39 is 53.3 Å². The van der Waals surface area contributed by atoms with Crippen molar-refractivity contribution < 1.29 is 45.1 Å². The summed E-state index contributed by atoms with van der Waals surface area (Å²) in [6.45, 7) is 3.59. The van der Waals surface area contributed by atoms with Crippen molar-refractivity contribution in [3.8, 4) is 0 Å². The Morgan fingerprint density at radius 2 is 1.59 bits per heavy atom. The van der Waals surface area contributed by atoms with Gasteiger partial charge in [-0.25, -0.2) is 14.2 Å². The minimum absolute atomic E-state index is 0.00204. The van der Waals surface area contributed by atoms with Crippen molar-refractivity contribution in [1.29, 1.82) is 0 Å². The fraction of sp³-hybridized carbons (Fsp3) is 0.435. The summed E-state index contributed by atoms with van der Waals surface area (Å²) < 4.78 is 99.8. The van der Waals surface area contributed by atoms with Crippen molar-refractivity contribution in [1.82, 2.24) is 15.3 Å². The second kappa shape index (κ2) is 10.1. The predicted octanol–water partition coefficient (Wildman–Crippen LogP) is 5.61. The molecule has 2 amide bonds. The van der Waals surface area contributed by atoms with Crippen LogP contribution in [0.4, 0.5) is 41.2 Å². The molecule has 1 unspecified atom stereocenters. The number of benzene rings is 2. The molecular formula is C23H23F7N4O3. The number of hydrogen-bond donors (Lipinski definition) is 0. The van der Waals surface area contributed by atoms with Gasteiger partial charge in [0.2, 0.25) is 0 Å². The summed E-state index contributed by atoms with van der Waals surface area (Å²) in [4.78, 5) is 19.5. The molecule has 4 rings (SSSR count). The number of carbonyl (C=O) groups is 1. The molecule has 14 heteroatoms. The molecule has 0 spiro atoms. The van der Waals surface area contributed by atoms with E-state index in [9.17, 15) is 35.5 Å². The lowest BCUT2D eigenvalue weighted by molar-refractivity contribution is -0.320. The number of alkyl halides is 6. The topological polar surface area (TPSA) is 48.5 Å². The molecule has 2 aliphatic rings. The average molecular weight is 536 g/mol. The molecule has 0 aliphatic carbocycles. The van der Waals surface area contributed by atoms with Gasteiger partial charge in [-0.15, -0.1) is 10.3 Å². The minimum Gasteiger partial charge on any atom is -0.371 e. The lowest BCUT2D eigenvalue weighted by Crippen LogP contribution is -2.57. The summed E-state index contributed by atoms with van der Waals surface area (Å²) in [7, 11) is 0. The van der Waals surface area contributed by atoms with Crippen LogP contribution in [-0.2, 0) is 21.9 Å². The van der Waals surface area contributed by atoms with E-state index >= 15 is 0 Å². The zero-order chi connectivity index (χ0) is 27.1. The molecule has 0 saturated carbocycles. The summed E-state index contributed by atoms with van der Waals surface area (Å²) in [5.74, 6) is -0.437. The quantitative estimate of drug-likeness (QED) is 0.466. The molecule has 2 aromatic rings. The first-order chi connectivity index (χ1) is 17.3. The maximum Gasteiger partial charge on any atom is 0.416 e. The van der Waals surface area contributed by atoms with E-state index in [2.05, 4.69) is 0 Å². The lowest BCUT2D eigenvalue weighted by Gasteiger charge is -2.42. The minimum atomic E-state index is -5.08. The van der Waals surface area contributed by atoms with Crippen LogP contribution in [0.25, 0.3) is 0 Å². The Labute approximate surface area is 207 Å². The standard InChI is InChI=1S/C23H23F7N4O3/c1-3-37-34-21(35)32(19-11-16(22(25,26)27)10-17(12-19)23(28,29)30)14(2)33(34)31-8-9-36-20(13-31)15-4-6-18(24)7-5-15/h4-7,10-12,14,20H,3,8-9,13H2,1-2H3/t14?,20-/m0/s1. The van der Waals surface area contributed by atoms with E-state index in [0.29, 0.717) is 17.7 Å². The van der Waals surface area contributed by atoms with Crippen LogP contribution in [0.15, 0.2) is 42.5 Å². The summed E-state index contributed by atoms with van der Waals surface area (Å²) in [6.07, 6.45) is -11.8. The van der Waals surface area contributed by atoms with Gasteiger partial charge in [-0.3, -0.25) is 9.74 Å². The van der Waals surface area contributed by atoms with E-state index in [-0.39, 0.29) is 32.4 Å². The van der Waals surface area contributed by atoms with Crippen LogP contribution in [0.5, 0.6) is 0 Å². The molecule has 2 aliphatic heterocycles. The predicted molar refractivity (Wildman–Crippen MR) is 116 cm³/mol. The highest BCUT2D eigenvalue weighted by molar-refractivity contribution is 5.93. The van der Waals surface area contributed by atoms with Gasteiger partial charge in [-0.2, -0.15) is 26.3 Å². The maximum atomic E-state index is 13.4. The first kappa shape index (κ1) is 27.1. The Hall–Kier alpha value is -2.94. The zero-order valence-corrected chi connectivity index (χ0v) is 19.7. The fourth-order valence-electron chi connectivity index (χ4n) is 4.29. The smallest absolute Gasteiger partial charge is 0.371 e. The van der Waals surface area contributed by atoms with E-state index in [1.165, 1.54) is 36.3 Å². The van der Waals surface area contributed by atoms with Gasteiger partial charge < -0.3 is 4.74 Å². The molecule has 0 aromatic heterocycles. The molecule has 202 valence electrons. The van der Waals surface area contributed by atoms with Gasteiger partial charge in [0.1, 0.15) is 12.0 Å². The van der Waals surface area contributed by atoms with Crippen molar-refractivity contribution >= 4 is 11.7 Å². The van der Waals surface area contributed by atoms with Gasteiger partial charge in [0.05, 0.1) is 30.4 Å². The van der Waals surface area contributed by atoms with Crippen LogP contribution in [0.2, 0.25) is 0 Å². The van der Waals surface area contributed by atoms with Gasteiger partial charge in [0, 0.05) is 18.8 Å². The van der Waals surface area contributed by atoms with Crippen LogP contribution in [0.1, 0.15) is 36.6 Å². The lowest BCUT2D eigenvalue weighted by atomic mass is 10.1. The van der Waals surface area contributed by atoms with E-state index in [1.807, 2.05) is 0 Å². The second-order valence-corrected chi connectivity index (χ2v) is 8.38. The summed E-state index contributed by atoms with van der Waals surface area (Å²) in [6, 6.07) is 5.63. The second-order valence-electron chi connectivity index (χ2n) is 8.38. The van der Waals surface area contributed by atoms with E-state index in [1.54, 1.807) is 11.9 Å². The van der Waals surface area contributed by atoms with Crippen LogP contribution in [0.3, 0.4) is 0 Å². The highest BCUT2D eigenvalue weighted by atomic mass is 19.4. The monoisotopic (exact) mass is 536 g/mol.